The Hall–Kier alpha value is -4.88. The number of alkyl halides is 3. The third-order valence-corrected chi connectivity index (χ3v) is 7.59. The topological polar surface area (TPSA) is 128 Å². The summed E-state index contributed by atoms with van der Waals surface area (Å²) in [4.78, 5) is 50.0. The number of ether oxygens (including phenoxy) is 1. The second kappa shape index (κ2) is 15.4. The fourth-order valence-electron chi connectivity index (χ4n) is 5.06. The fourth-order valence-corrected chi connectivity index (χ4v) is 5.06. The van der Waals surface area contributed by atoms with Gasteiger partial charge in [-0.1, -0.05) is 42.5 Å². The van der Waals surface area contributed by atoms with Crippen LogP contribution < -0.4 is 19.9 Å². The number of anilines is 3. The molecule has 0 bridgehead atoms. The third kappa shape index (κ3) is 8.86. The lowest BCUT2D eigenvalue weighted by Gasteiger charge is -2.28. The zero-order valence-corrected chi connectivity index (χ0v) is 25.7. The number of carbonyl (C=O) groups excluding carboxylic acids is 2. The van der Waals surface area contributed by atoms with Crippen LogP contribution >= 0.6 is 0 Å². The highest BCUT2D eigenvalue weighted by Gasteiger charge is 2.44. The number of nitrogens with one attached hydrogen (secondary N) is 1. The van der Waals surface area contributed by atoms with Crippen LogP contribution in [-0.2, 0) is 22.4 Å². The van der Waals surface area contributed by atoms with Gasteiger partial charge < -0.3 is 25.0 Å². The van der Waals surface area contributed by atoms with Crippen molar-refractivity contribution in [2.24, 2.45) is 0 Å². The van der Waals surface area contributed by atoms with Crippen molar-refractivity contribution < 1.29 is 37.4 Å². The monoisotopic (exact) mass is 642 g/mol. The molecule has 1 aliphatic rings. The first-order valence-corrected chi connectivity index (χ1v) is 15.1. The van der Waals surface area contributed by atoms with Crippen molar-refractivity contribution in [1.82, 2.24) is 14.9 Å². The summed E-state index contributed by atoms with van der Waals surface area (Å²) in [6, 6.07) is 13.6. The summed E-state index contributed by atoms with van der Waals surface area (Å²) in [6.45, 7) is 5.54. The van der Waals surface area contributed by atoms with E-state index in [4.69, 9.17) is 4.74 Å². The standard InChI is InChI=1S/C32H37F3N6O5/c1-3-39(4-2)30-36-21-26(41(29(44)32(33,34)35)19-16-22-10-6-5-7-11-22)27(38-30)37-25(28(42)43)20-23-12-14-24(15-13-23)46-31(45)40-17-8-9-18-40/h5-7,10-15,21,25H,3-4,8-9,16-20H2,1-2H3,(H,42,43)(H,36,37,38). The van der Waals surface area contributed by atoms with Crippen LogP contribution in [0, 0.1) is 0 Å². The zero-order chi connectivity index (χ0) is 33.3. The molecule has 2 aromatic carbocycles. The Morgan fingerprint density at radius 1 is 1.00 bits per heavy atom. The summed E-state index contributed by atoms with van der Waals surface area (Å²) < 4.78 is 47.0. The molecule has 246 valence electrons. The summed E-state index contributed by atoms with van der Waals surface area (Å²) in [5.74, 6) is -3.20. The van der Waals surface area contributed by atoms with Gasteiger partial charge >= 0.3 is 24.1 Å². The van der Waals surface area contributed by atoms with E-state index in [1.165, 1.54) is 0 Å². The SMILES string of the molecule is CCN(CC)c1ncc(N(CCc2ccccc2)C(=O)C(F)(F)F)c(NC(Cc2ccc(OC(=O)N3CCCC3)cc2)C(=O)O)n1. The smallest absolute Gasteiger partial charge is 0.471 e. The molecule has 14 heteroatoms. The molecule has 1 aromatic heterocycles. The van der Waals surface area contributed by atoms with Crippen LogP contribution in [0.25, 0.3) is 0 Å². The van der Waals surface area contributed by atoms with Crippen LogP contribution in [0.15, 0.2) is 60.8 Å². The number of carboxylic acid groups (broad SMARTS) is 1. The van der Waals surface area contributed by atoms with E-state index in [2.05, 4.69) is 15.3 Å². The number of likely N-dealkylation sites (tertiary alicyclic amines) is 1. The average molecular weight is 643 g/mol. The van der Waals surface area contributed by atoms with Gasteiger partial charge in [-0.05, 0) is 56.4 Å². The predicted octanol–water partition coefficient (Wildman–Crippen LogP) is 5.16. The second-order valence-electron chi connectivity index (χ2n) is 10.7. The molecular weight excluding hydrogens is 605 g/mol. The van der Waals surface area contributed by atoms with Gasteiger partial charge in [0.15, 0.2) is 5.82 Å². The van der Waals surface area contributed by atoms with Crippen LogP contribution in [0.5, 0.6) is 5.75 Å². The quantitative estimate of drug-likeness (QED) is 0.260. The van der Waals surface area contributed by atoms with Gasteiger partial charge in [-0.15, -0.1) is 0 Å². The van der Waals surface area contributed by atoms with Crippen LogP contribution in [0.3, 0.4) is 0 Å². The molecule has 0 saturated carbocycles. The van der Waals surface area contributed by atoms with Crippen molar-refractivity contribution >= 4 is 35.4 Å². The van der Waals surface area contributed by atoms with Crippen molar-refractivity contribution in [2.45, 2.75) is 51.7 Å². The first kappa shape index (κ1) is 34.0. The molecule has 46 heavy (non-hydrogen) atoms. The molecule has 1 saturated heterocycles. The average Bonchev–Trinajstić information content (AvgIpc) is 3.58. The number of amides is 2. The number of hydrogen-bond donors (Lipinski definition) is 2. The van der Waals surface area contributed by atoms with Gasteiger partial charge in [-0.3, -0.25) is 9.69 Å². The summed E-state index contributed by atoms with van der Waals surface area (Å²) in [6.07, 6.45) is -2.74. The molecular formula is C32H37F3N6O5. The number of nitrogens with zero attached hydrogens (tertiary/aromatic N) is 5. The lowest BCUT2D eigenvalue weighted by atomic mass is 10.1. The van der Waals surface area contributed by atoms with Gasteiger partial charge in [0, 0.05) is 39.1 Å². The molecule has 2 amide bonds. The molecule has 3 aromatic rings. The summed E-state index contributed by atoms with van der Waals surface area (Å²) in [7, 11) is 0. The molecule has 0 radical (unpaired) electrons. The number of carboxylic acids is 1. The maximum atomic E-state index is 13.8. The maximum absolute atomic E-state index is 13.8. The van der Waals surface area contributed by atoms with E-state index in [1.807, 2.05) is 13.8 Å². The third-order valence-electron chi connectivity index (χ3n) is 7.59. The summed E-state index contributed by atoms with van der Waals surface area (Å²) >= 11 is 0. The summed E-state index contributed by atoms with van der Waals surface area (Å²) in [5.41, 5.74) is 0.952. The number of hydrogen-bond acceptors (Lipinski definition) is 8. The second-order valence-corrected chi connectivity index (χ2v) is 10.7. The van der Waals surface area contributed by atoms with Crippen LogP contribution in [0.2, 0.25) is 0 Å². The highest BCUT2D eigenvalue weighted by Crippen LogP contribution is 2.31. The molecule has 1 unspecified atom stereocenters. The Balaban J connectivity index is 1.63. The van der Waals surface area contributed by atoms with E-state index in [0.717, 1.165) is 19.0 Å². The van der Waals surface area contributed by atoms with Crippen molar-refractivity contribution in [2.75, 3.05) is 47.8 Å². The minimum Gasteiger partial charge on any atom is -0.480 e. The van der Waals surface area contributed by atoms with Crippen molar-refractivity contribution in [3.05, 3.63) is 71.9 Å². The highest BCUT2D eigenvalue weighted by molar-refractivity contribution is 5.99. The largest absolute Gasteiger partial charge is 0.480 e. The van der Waals surface area contributed by atoms with E-state index in [9.17, 15) is 32.7 Å². The van der Waals surface area contributed by atoms with Gasteiger partial charge in [-0.25, -0.2) is 14.6 Å². The van der Waals surface area contributed by atoms with Gasteiger partial charge in [0.2, 0.25) is 5.95 Å². The first-order valence-electron chi connectivity index (χ1n) is 15.1. The Bertz CT molecular complexity index is 1480. The molecule has 0 aliphatic carbocycles. The van der Waals surface area contributed by atoms with Crippen molar-refractivity contribution in [3.8, 4) is 5.75 Å². The molecule has 2 heterocycles. The van der Waals surface area contributed by atoms with E-state index < -0.39 is 30.2 Å². The Morgan fingerprint density at radius 3 is 2.24 bits per heavy atom. The molecule has 1 fully saturated rings. The highest BCUT2D eigenvalue weighted by atomic mass is 19.4. The van der Waals surface area contributed by atoms with E-state index in [-0.39, 0.29) is 36.8 Å². The van der Waals surface area contributed by atoms with Gasteiger partial charge in [0.25, 0.3) is 0 Å². The lowest BCUT2D eigenvalue weighted by molar-refractivity contribution is -0.170. The fraction of sp³-hybridized carbons (Fsp3) is 0.406. The predicted molar refractivity (Wildman–Crippen MR) is 166 cm³/mol. The zero-order valence-electron chi connectivity index (χ0n) is 25.7. The van der Waals surface area contributed by atoms with E-state index in [1.54, 1.807) is 64.4 Å². The Morgan fingerprint density at radius 2 is 1.65 bits per heavy atom. The van der Waals surface area contributed by atoms with Crippen LogP contribution in [0.1, 0.15) is 37.8 Å². The minimum absolute atomic E-state index is 0.0942. The lowest BCUT2D eigenvalue weighted by Crippen LogP contribution is -2.43. The Labute approximate surface area is 265 Å². The van der Waals surface area contributed by atoms with Crippen LogP contribution in [-0.4, -0.2) is 82.9 Å². The number of halogens is 3. The molecule has 4 rings (SSSR count). The minimum atomic E-state index is -5.21. The number of benzene rings is 2. The molecule has 2 N–H and O–H groups in total. The van der Waals surface area contributed by atoms with Crippen LogP contribution in [0.4, 0.5) is 35.4 Å². The number of rotatable bonds is 13. The van der Waals surface area contributed by atoms with E-state index in [0.29, 0.717) is 48.0 Å². The molecule has 0 spiro atoms. The first-order chi connectivity index (χ1) is 22.0. The molecule has 1 aliphatic heterocycles. The number of carbonyl (C=O) groups is 3. The summed E-state index contributed by atoms with van der Waals surface area (Å²) in [5, 5.41) is 12.9. The van der Waals surface area contributed by atoms with Gasteiger partial charge in [0.05, 0.1) is 6.20 Å². The van der Waals surface area contributed by atoms with Gasteiger partial charge in [0.1, 0.15) is 17.5 Å². The molecule has 11 nitrogen and oxygen atoms in total. The van der Waals surface area contributed by atoms with E-state index >= 15 is 0 Å². The van der Waals surface area contributed by atoms with Crippen molar-refractivity contribution in [1.29, 1.82) is 0 Å². The Kier molecular flexibility index (Phi) is 11.4. The van der Waals surface area contributed by atoms with Gasteiger partial charge in [-0.2, -0.15) is 18.2 Å². The van der Waals surface area contributed by atoms with Crippen molar-refractivity contribution in [3.63, 3.8) is 0 Å². The maximum Gasteiger partial charge on any atom is 0.471 e. The molecule has 1 atom stereocenters. The number of aliphatic carboxylic acids is 1. The number of aromatic nitrogens is 2. The normalized spacial score (nSPS) is 13.6.